The van der Waals surface area contributed by atoms with Crippen LogP contribution in [0.3, 0.4) is 0 Å². The molecule has 0 fully saturated rings. The van der Waals surface area contributed by atoms with Crippen molar-refractivity contribution in [2.45, 2.75) is 13.3 Å². The van der Waals surface area contributed by atoms with Crippen LogP contribution < -0.4 is 5.73 Å². The van der Waals surface area contributed by atoms with Crippen LogP contribution in [0.2, 0.25) is 0 Å². The van der Waals surface area contributed by atoms with E-state index in [-0.39, 0.29) is 5.69 Å². The van der Waals surface area contributed by atoms with E-state index in [1.807, 2.05) is 0 Å². The highest BCUT2D eigenvalue weighted by Crippen LogP contribution is 2.17. The van der Waals surface area contributed by atoms with Crippen LogP contribution in [0.5, 0.6) is 0 Å². The summed E-state index contributed by atoms with van der Waals surface area (Å²) in [6.07, 6.45) is 0.652. The van der Waals surface area contributed by atoms with Gasteiger partial charge in [0.1, 0.15) is 0 Å². The molecule has 1 rings (SSSR count). The Bertz CT molecular complexity index is 296. The van der Waals surface area contributed by atoms with Gasteiger partial charge < -0.3 is 10.8 Å². The number of nitrogens with zero attached hydrogens (tertiary/aromatic N) is 1. The number of nitrogens with two attached hydrogens (primary N) is 1. The molecule has 0 aliphatic carbocycles. The summed E-state index contributed by atoms with van der Waals surface area (Å²) in [4.78, 5) is 15.2. The Labute approximate surface area is 74.0 Å². The molecule has 0 radical (unpaired) electrons. The molecule has 4 nitrogen and oxygen atoms in total. The zero-order chi connectivity index (χ0) is 9.14. The fourth-order valence-electron chi connectivity index (χ4n) is 0.880. The molecule has 0 bridgehead atoms. The molecule has 0 saturated carbocycles. The molecule has 0 amide bonds. The van der Waals surface area contributed by atoms with Crippen molar-refractivity contribution < 1.29 is 9.90 Å². The first-order valence-corrected chi connectivity index (χ1v) is 4.36. The number of carboxylic acid groups (broad SMARTS) is 1. The van der Waals surface area contributed by atoms with Gasteiger partial charge in [0.2, 0.25) is 0 Å². The van der Waals surface area contributed by atoms with Crippen molar-refractivity contribution in [2.75, 3.05) is 6.54 Å². The SMILES string of the molecule is Cc1sc(CCN)nc1C(=O)O. The minimum absolute atomic E-state index is 0.156. The van der Waals surface area contributed by atoms with Gasteiger partial charge in [0.05, 0.1) is 5.01 Å². The molecule has 0 saturated heterocycles. The molecule has 1 heterocycles. The van der Waals surface area contributed by atoms with Crippen molar-refractivity contribution in [3.63, 3.8) is 0 Å². The van der Waals surface area contributed by atoms with Gasteiger partial charge in [0, 0.05) is 11.3 Å². The molecular formula is C7H10N2O2S. The number of aromatic carboxylic acids is 1. The first-order chi connectivity index (χ1) is 5.65. The van der Waals surface area contributed by atoms with Crippen molar-refractivity contribution in [1.29, 1.82) is 0 Å². The van der Waals surface area contributed by atoms with Crippen LogP contribution in [0.1, 0.15) is 20.4 Å². The monoisotopic (exact) mass is 186 g/mol. The summed E-state index contributed by atoms with van der Waals surface area (Å²) in [5, 5.41) is 9.46. The van der Waals surface area contributed by atoms with Gasteiger partial charge in [-0.2, -0.15) is 0 Å². The highest BCUT2D eigenvalue weighted by molar-refractivity contribution is 7.11. The second-order valence-electron chi connectivity index (χ2n) is 2.36. The first-order valence-electron chi connectivity index (χ1n) is 3.54. The van der Waals surface area contributed by atoms with Crippen LogP contribution in [-0.4, -0.2) is 22.6 Å². The van der Waals surface area contributed by atoms with Crippen molar-refractivity contribution >= 4 is 17.3 Å². The quantitative estimate of drug-likeness (QED) is 0.726. The van der Waals surface area contributed by atoms with Gasteiger partial charge in [-0.3, -0.25) is 0 Å². The van der Waals surface area contributed by atoms with E-state index in [0.717, 1.165) is 9.88 Å². The van der Waals surface area contributed by atoms with Gasteiger partial charge in [-0.25, -0.2) is 9.78 Å². The Morgan fingerprint density at radius 1 is 1.75 bits per heavy atom. The number of carbonyl (C=O) groups is 1. The highest BCUT2D eigenvalue weighted by atomic mass is 32.1. The van der Waals surface area contributed by atoms with Gasteiger partial charge in [0.15, 0.2) is 5.69 Å². The van der Waals surface area contributed by atoms with Crippen molar-refractivity contribution in [2.24, 2.45) is 5.73 Å². The largest absolute Gasteiger partial charge is 0.476 e. The number of aromatic nitrogens is 1. The lowest BCUT2D eigenvalue weighted by atomic mass is 10.4. The fraction of sp³-hybridized carbons (Fsp3) is 0.429. The molecule has 0 aromatic carbocycles. The summed E-state index contributed by atoms with van der Waals surface area (Å²) in [6.45, 7) is 2.26. The van der Waals surface area contributed by atoms with E-state index in [0.29, 0.717) is 13.0 Å². The lowest BCUT2D eigenvalue weighted by Gasteiger charge is -1.87. The summed E-state index contributed by atoms with van der Waals surface area (Å²) >= 11 is 1.40. The number of hydrogen-bond donors (Lipinski definition) is 2. The summed E-state index contributed by atoms with van der Waals surface area (Å²) in [5.74, 6) is -0.966. The van der Waals surface area contributed by atoms with Gasteiger partial charge in [-0.05, 0) is 13.5 Å². The molecular weight excluding hydrogens is 176 g/mol. The van der Waals surface area contributed by atoms with Crippen molar-refractivity contribution in [1.82, 2.24) is 4.98 Å². The molecule has 0 spiro atoms. The van der Waals surface area contributed by atoms with E-state index in [4.69, 9.17) is 10.8 Å². The van der Waals surface area contributed by atoms with Gasteiger partial charge in [-0.1, -0.05) is 0 Å². The third-order valence-electron chi connectivity index (χ3n) is 1.40. The van der Waals surface area contributed by atoms with E-state index in [9.17, 15) is 4.79 Å². The zero-order valence-corrected chi connectivity index (χ0v) is 7.52. The maximum absolute atomic E-state index is 10.6. The molecule has 0 aliphatic heterocycles. The molecule has 66 valence electrons. The highest BCUT2D eigenvalue weighted by Gasteiger charge is 2.12. The lowest BCUT2D eigenvalue weighted by Crippen LogP contribution is -2.03. The fourth-order valence-corrected chi connectivity index (χ4v) is 1.82. The van der Waals surface area contributed by atoms with E-state index < -0.39 is 5.97 Å². The topological polar surface area (TPSA) is 76.2 Å². The van der Waals surface area contributed by atoms with E-state index >= 15 is 0 Å². The maximum atomic E-state index is 10.6. The van der Waals surface area contributed by atoms with Crippen molar-refractivity contribution in [3.8, 4) is 0 Å². The molecule has 5 heteroatoms. The Hall–Kier alpha value is -0.940. The molecule has 1 aromatic heterocycles. The van der Waals surface area contributed by atoms with E-state index in [1.54, 1.807) is 6.92 Å². The van der Waals surface area contributed by atoms with Gasteiger partial charge in [0.25, 0.3) is 0 Å². The van der Waals surface area contributed by atoms with Crippen LogP contribution >= 0.6 is 11.3 Å². The summed E-state index contributed by atoms with van der Waals surface area (Å²) in [5.41, 5.74) is 5.47. The minimum atomic E-state index is -0.966. The average molecular weight is 186 g/mol. The summed E-state index contributed by atoms with van der Waals surface area (Å²) in [6, 6.07) is 0. The number of carboxylic acids is 1. The molecule has 0 unspecified atom stereocenters. The molecule has 1 aromatic rings. The predicted octanol–water partition coefficient (Wildman–Crippen LogP) is 0.651. The zero-order valence-electron chi connectivity index (χ0n) is 6.70. The maximum Gasteiger partial charge on any atom is 0.355 e. The number of rotatable bonds is 3. The Kier molecular flexibility index (Phi) is 2.78. The van der Waals surface area contributed by atoms with E-state index in [2.05, 4.69) is 4.98 Å². The smallest absolute Gasteiger partial charge is 0.355 e. The van der Waals surface area contributed by atoms with Crippen LogP contribution in [0.15, 0.2) is 0 Å². The second kappa shape index (κ2) is 3.64. The van der Waals surface area contributed by atoms with E-state index in [1.165, 1.54) is 11.3 Å². The third kappa shape index (κ3) is 1.80. The molecule has 12 heavy (non-hydrogen) atoms. The predicted molar refractivity (Wildman–Crippen MR) is 46.6 cm³/mol. The Morgan fingerprint density at radius 2 is 2.42 bits per heavy atom. The van der Waals surface area contributed by atoms with Gasteiger partial charge in [-0.15, -0.1) is 11.3 Å². The standard InChI is InChI=1S/C7H10N2O2S/c1-4-6(7(10)11)9-5(12-4)2-3-8/h2-3,8H2,1H3,(H,10,11). The summed E-state index contributed by atoms with van der Waals surface area (Å²) < 4.78 is 0. The first kappa shape index (κ1) is 9.15. The molecule has 3 N–H and O–H groups in total. The lowest BCUT2D eigenvalue weighted by molar-refractivity contribution is 0.0690. The van der Waals surface area contributed by atoms with Crippen LogP contribution in [-0.2, 0) is 6.42 Å². The summed E-state index contributed by atoms with van der Waals surface area (Å²) in [7, 11) is 0. The number of aryl methyl sites for hydroxylation is 1. The van der Waals surface area contributed by atoms with Crippen LogP contribution in [0, 0.1) is 6.92 Å². The van der Waals surface area contributed by atoms with Crippen LogP contribution in [0.4, 0.5) is 0 Å². The molecule has 0 atom stereocenters. The normalized spacial score (nSPS) is 10.2. The second-order valence-corrected chi connectivity index (χ2v) is 3.64. The Morgan fingerprint density at radius 3 is 2.83 bits per heavy atom. The Balaban J connectivity index is 2.92. The third-order valence-corrected chi connectivity index (χ3v) is 2.43. The van der Waals surface area contributed by atoms with Crippen LogP contribution in [0.25, 0.3) is 0 Å². The molecule has 0 aliphatic rings. The number of thiazole rings is 1. The minimum Gasteiger partial charge on any atom is -0.476 e. The van der Waals surface area contributed by atoms with Crippen molar-refractivity contribution in [3.05, 3.63) is 15.6 Å². The number of hydrogen-bond acceptors (Lipinski definition) is 4. The average Bonchev–Trinajstić information content (AvgIpc) is 2.32. The van der Waals surface area contributed by atoms with Gasteiger partial charge >= 0.3 is 5.97 Å².